The number of carbonyl (C=O) groups is 1. The van der Waals surface area contributed by atoms with Crippen molar-refractivity contribution in [1.82, 2.24) is 5.16 Å². The molecule has 0 saturated heterocycles. The van der Waals surface area contributed by atoms with E-state index in [1.54, 1.807) is 37.3 Å². The van der Waals surface area contributed by atoms with Gasteiger partial charge in [0.1, 0.15) is 18.8 Å². The molecule has 0 bridgehead atoms. The van der Waals surface area contributed by atoms with Crippen LogP contribution in [0.2, 0.25) is 0 Å². The molecule has 0 aliphatic heterocycles. The standard InChI is InChI=1S/C20H20N2O5S/c1-15-8-6-7-11-18(15)22(28(2,24)25)13-20(23)26-14-17-12-19(27-21-17)16-9-4-3-5-10-16/h3-12H,13-14H2,1-2H3. The molecule has 1 aromatic heterocycles. The van der Waals surface area contributed by atoms with Crippen LogP contribution < -0.4 is 4.31 Å². The van der Waals surface area contributed by atoms with E-state index in [1.165, 1.54) is 0 Å². The highest BCUT2D eigenvalue weighted by atomic mass is 32.2. The Bertz CT molecular complexity index is 1060. The van der Waals surface area contributed by atoms with Crippen LogP contribution >= 0.6 is 0 Å². The van der Waals surface area contributed by atoms with E-state index < -0.39 is 22.5 Å². The van der Waals surface area contributed by atoms with Crippen molar-refractivity contribution in [3.8, 4) is 11.3 Å². The molecular formula is C20H20N2O5S. The number of ether oxygens (including phenoxy) is 1. The van der Waals surface area contributed by atoms with Crippen molar-refractivity contribution < 1.29 is 22.5 Å². The Balaban J connectivity index is 1.66. The summed E-state index contributed by atoms with van der Waals surface area (Å²) in [6.07, 6.45) is 1.05. The number of hydrogen-bond donors (Lipinski definition) is 0. The third-order valence-corrected chi connectivity index (χ3v) is 5.18. The van der Waals surface area contributed by atoms with Crippen molar-refractivity contribution in [3.63, 3.8) is 0 Å². The summed E-state index contributed by atoms with van der Waals surface area (Å²) in [5, 5.41) is 3.88. The second-order valence-electron chi connectivity index (χ2n) is 6.27. The lowest BCUT2D eigenvalue weighted by molar-refractivity contribution is -0.143. The lowest BCUT2D eigenvalue weighted by atomic mass is 10.2. The lowest BCUT2D eigenvalue weighted by Gasteiger charge is -2.23. The van der Waals surface area contributed by atoms with Crippen molar-refractivity contribution in [2.24, 2.45) is 0 Å². The topological polar surface area (TPSA) is 89.7 Å². The first-order chi connectivity index (χ1) is 13.3. The Morgan fingerprint density at radius 1 is 1.11 bits per heavy atom. The third kappa shape index (κ3) is 4.77. The number of esters is 1. The summed E-state index contributed by atoms with van der Waals surface area (Å²) in [7, 11) is -3.65. The summed E-state index contributed by atoms with van der Waals surface area (Å²) in [5.74, 6) is -0.123. The molecule has 7 nitrogen and oxygen atoms in total. The molecule has 146 valence electrons. The number of carbonyl (C=O) groups excluding carboxylic acids is 1. The number of para-hydroxylation sites is 1. The van der Waals surface area contributed by atoms with Crippen molar-refractivity contribution in [3.05, 3.63) is 71.9 Å². The zero-order chi connectivity index (χ0) is 20.1. The highest BCUT2D eigenvalue weighted by molar-refractivity contribution is 7.92. The molecule has 1 heterocycles. The number of anilines is 1. The summed E-state index contributed by atoms with van der Waals surface area (Å²) in [5.41, 5.74) is 2.48. The van der Waals surface area contributed by atoms with E-state index in [0.717, 1.165) is 21.7 Å². The van der Waals surface area contributed by atoms with E-state index in [0.29, 0.717) is 17.1 Å². The Kier molecular flexibility index (Phi) is 5.79. The van der Waals surface area contributed by atoms with Crippen molar-refractivity contribution in [2.45, 2.75) is 13.5 Å². The van der Waals surface area contributed by atoms with Crippen LogP contribution in [0.5, 0.6) is 0 Å². The quantitative estimate of drug-likeness (QED) is 0.566. The second kappa shape index (κ2) is 8.26. The number of aryl methyl sites for hydroxylation is 1. The molecule has 0 amide bonds. The molecule has 0 N–H and O–H groups in total. The molecule has 0 aliphatic rings. The molecule has 28 heavy (non-hydrogen) atoms. The Morgan fingerprint density at radius 3 is 2.46 bits per heavy atom. The maximum absolute atomic E-state index is 12.2. The number of sulfonamides is 1. The van der Waals surface area contributed by atoms with Crippen molar-refractivity contribution >= 4 is 21.7 Å². The van der Waals surface area contributed by atoms with Gasteiger partial charge >= 0.3 is 5.97 Å². The van der Waals surface area contributed by atoms with Gasteiger partial charge in [-0.1, -0.05) is 53.7 Å². The van der Waals surface area contributed by atoms with Crippen LogP contribution in [-0.4, -0.2) is 32.3 Å². The largest absolute Gasteiger partial charge is 0.458 e. The summed E-state index contributed by atoms with van der Waals surface area (Å²) in [6, 6.07) is 18.0. The van der Waals surface area contributed by atoms with Crippen molar-refractivity contribution in [1.29, 1.82) is 0 Å². The Hall–Kier alpha value is -3.13. The molecular weight excluding hydrogens is 380 g/mol. The Morgan fingerprint density at radius 2 is 1.79 bits per heavy atom. The molecule has 0 radical (unpaired) electrons. The minimum Gasteiger partial charge on any atom is -0.458 e. The Labute approximate surface area is 163 Å². The molecule has 0 saturated carbocycles. The van der Waals surface area contributed by atoms with Crippen LogP contribution in [0.4, 0.5) is 5.69 Å². The SMILES string of the molecule is Cc1ccccc1N(CC(=O)OCc1cc(-c2ccccc2)on1)S(C)(=O)=O. The molecule has 0 fully saturated rings. The van der Waals surface area contributed by atoms with Crippen LogP contribution in [0.1, 0.15) is 11.3 Å². The van der Waals surface area contributed by atoms with Gasteiger partial charge in [-0.3, -0.25) is 9.10 Å². The van der Waals surface area contributed by atoms with Gasteiger partial charge in [-0.25, -0.2) is 8.42 Å². The lowest BCUT2D eigenvalue weighted by Crippen LogP contribution is -2.36. The van der Waals surface area contributed by atoms with Gasteiger partial charge in [-0.15, -0.1) is 0 Å². The predicted octanol–water partition coefficient (Wildman–Crippen LogP) is 3.16. The summed E-state index contributed by atoms with van der Waals surface area (Å²) >= 11 is 0. The van der Waals surface area contributed by atoms with Gasteiger partial charge in [0, 0.05) is 11.6 Å². The zero-order valence-electron chi connectivity index (χ0n) is 15.5. The minimum absolute atomic E-state index is 0.111. The summed E-state index contributed by atoms with van der Waals surface area (Å²) in [6.45, 7) is 1.24. The van der Waals surface area contributed by atoms with Gasteiger partial charge < -0.3 is 9.26 Å². The van der Waals surface area contributed by atoms with E-state index in [9.17, 15) is 13.2 Å². The average molecular weight is 400 g/mol. The number of benzene rings is 2. The van der Waals surface area contributed by atoms with E-state index in [-0.39, 0.29) is 6.61 Å². The maximum atomic E-state index is 12.2. The van der Waals surface area contributed by atoms with Gasteiger partial charge in [0.2, 0.25) is 10.0 Å². The zero-order valence-corrected chi connectivity index (χ0v) is 16.3. The number of aromatic nitrogens is 1. The molecule has 8 heteroatoms. The second-order valence-corrected chi connectivity index (χ2v) is 8.17. The van der Waals surface area contributed by atoms with Crippen LogP contribution in [0.25, 0.3) is 11.3 Å². The molecule has 3 rings (SSSR count). The summed E-state index contributed by atoms with van der Waals surface area (Å²) < 4.78 is 35.8. The number of nitrogens with zero attached hydrogens (tertiary/aromatic N) is 2. The van der Waals surface area contributed by atoms with Crippen molar-refractivity contribution in [2.75, 3.05) is 17.1 Å². The van der Waals surface area contributed by atoms with Gasteiger partial charge in [0.15, 0.2) is 5.76 Å². The van der Waals surface area contributed by atoms with E-state index in [1.807, 2.05) is 30.3 Å². The first-order valence-corrected chi connectivity index (χ1v) is 10.4. The smallest absolute Gasteiger partial charge is 0.327 e. The van der Waals surface area contributed by atoms with Gasteiger partial charge in [0.05, 0.1) is 11.9 Å². The molecule has 0 atom stereocenters. The normalized spacial score (nSPS) is 11.2. The maximum Gasteiger partial charge on any atom is 0.327 e. The fraction of sp³-hybridized carbons (Fsp3) is 0.200. The third-order valence-electron chi connectivity index (χ3n) is 4.06. The average Bonchev–Trinajstić information content (AvgIpc) is 3.14. The predicted molar refractivity (Wildman–Crippen MR) is 105 cm³/mol. The summed E-state index contributed by atoms with van der Waals surface area (Å²) in [4.78, 5) is 12.2. The first kappa shape index (κ1) is 19.6. The highest BCUT2D eigenvalue weighted by Crippen LogP contribution is 2.22. The fourth-order valence-corrected chi connectivity index (χ4v) is 3.56. The number of rotatable bonds is 7. The number of hydrogen-bond acceptors (Lipinski definition) is 6. The van der Waals surface area contributed by atoms with Crippen LogP contribution in [0.15, 0.2) is 65.2 Å². The monoisotopic (exact) mass is 400 g/mol. The van der Waals surface area contributed by atoms with Crippen LogP contribution in [0.3, 0.4) is 0 Å². The van der Waals surface area contributed by atoms with Crippen LogP contribution in [-0.2, 0) is 26.2 Å². The van der Waals surface area contributed by atoms with Crippen LogP contribution in [0, 0.1) is 6.92 Å². The fourth-order valence-electron chi connectivity index (χ4n) is 2.66. The van der Waals surface area contributed by atoms with Gasteiger partial charge in [0.25, 0.3) is 0 Å². The van der Waals surface area contributed by atoms with E-state index in [4.69, 9.17) is 9.26 Å². The first-order valence-electron chi connectivity index (χ1n) is 8.54. The van der Waals surface area contributed by atoms with E-state index >= 15 is 0 Å². The molecule has 2 aromatic carbocycles. The molecule has 3 aromatic rings. The molecule has 0 unspecified atom stereocenters. The van der Waals surface area contributed by atoms with E-state index in [2.05, 4.69) is 5.16 Å². The molecule has 0 spiro atoms. The minimum atomic E-state index is -3.65. The molecule has 0 aliphatic carbocycles. The van der Waals surface area contributed by atoms with Gasteiger partial charge in [-0.05, 0) is 18.6 Å². The van der Waals surface area contributed by atoms with Gasteiger partial charge in [-0.2, -0.15) is 0 Å². The highest BCUT2D eigenvalue weighted by Gasteiger charge is 2.23.